The van der Waals surface area contributed by atoms with Crippen LogP contribution in [0.3, 0.4) is 0 Å². The molecule has 1 unspecified atom stereocenters. The maximum absolute atomic E-state index is 13.9. The average molecular weight is 264 g/mol. The van der Waals surface area contributed by atoms with Gasteiger partial charge in [-0.25, -0.2) is 4.39 Å². The zero-order chi connectivity index (χ0) is 13.8. The molecule has 0 spiro atoms. The molecule has 1 aromatic carbocycles. The molecule has 0 saturated heterocycles. The third-order valence-corrected chi connectivity index (χ3v) is 2.93. The Hall–Kier alpha value is -1.88. The zero-order valence-corrected chi connectivity index (χ0v) is 11.2. The highest BCUT2D eigenvalue weighted by molar-refractivity contribution is 5.30. The van der Waals surface area contributed by atoms with Crippen LogP contribution < -0.4 is 10.1 Å². The molecule has 0 aliphatic carbocycles. The fraction of sp³-hybridized carbons (Fsp3) is 0.357. The van der Waals surface area contributed by atoms with Crippen LogP contribution in [0, 0.1) is 12.7 Å². The van der Waals surface area contributed by atoms with Gasteiger partial charge in [0.15, 0.2) is 0 Å². The Kier molecular flexibility index (Phi) is 4.16. The summed E-state index contributed by atoms with van der Waals surface area (Å²) in [4.78, 5) is 0. The molecular formula is C14H17FN2O2. The van der Waals surface area contributed by atoms with Gasteiger partial charge >= 0.3 is 0 Å². The molecule has 19 heavy (non-hydrogen) atoms. The molecule has 2 aromatic rings. The molecule has 1 aromatic heterocycles. The van der Waals surface area contributed by atoms with Gasteiger partial charge in [0.25, 0.3) is 0 Å². The lowest BCUT2D eigenvalue weighted by Gasteiger charge is -2.12. The van der Waals surface area contributed by atoms with E-state index in [0.717, 1.165) is 5.76 Å². The second-order valence-corrected chi connectivity index (χ2v) is 4.41. The van der Waals surface area contributed by atoms with Crippen molar-refractivity contribution in [3.8, 4) is 5.75 Å². The van der Waals surface area contributed by atoms with Gasteiger partial charge < -0.3 is 14.6 Å². The summed E-state index contributed by atoms with van der Waals surface area (Å²) in [5, 5.41) is 6.81. The number of ether oxygens (including phenoxy) is 1. The van der Waals surface area contributed by atoms with Gasteiger partial charge in [-0.3, -0.25) is 0 Å². The van der Waals surface area contributed by atoms with E-state index in [9.17, 15) is 4.39 Å². The quantitative estimate of drug-likeness (QED) is 0.901. The Morgan fingerprint density at radius 3 is 2.79 bits per heavy atom. The highest BCUT2D eigenvalue weighted by atomic mass is 19.1. The topological polar surface area (TPSA) is 47.3 Å². The fourth-order valence-corrected chi connectivity index (χ4v) is 1.75. The van der Waals surface area contributed by atoms with E-state index in [4.69, 9.17) is 9.26 Å². The van der Waals surface area contributed by atoms with E-state index in [2.05, 4.69) is 10.5 Å². The Bertz CT molecular complexity index is 554. The molecule has 1 heterocycles. The van der Waals surface area contributed by atoms with E-state index in [1.165, 1.54) is 6.07 Å². The van der Waals surface area contributed by atoms with Crippen LogP contribution in [0.1, 0.15) is 30.0 Å². The predicted octanol–water partition coefficient (Wildman–Crippen LogP) is 2.98. The van der Waals surface area contributed by atoms with Crippen LogP contribution in [0.25, 0.3) is 0 Å². The van der Waals surface area contributed by atoms with E-state index in [1.807, 2.05) is 13.8 Å². The summed E-state index contributed by atoms with van der Waals surface area (Å²) >= 11 is 0. The highest BCUT2D eigenvalue weighted by Gasteiger charge is 2.10. The summed E-state index contributed by atoms with van der Waals surface area (Å²) in [5.41, 5.74) is 1.30. The van der Waals surface area contributed by atoms with Gasteiger partial charge in [-0.15, -0.1) is 0 Å². The zero-order valence-electron chi connectivity index (χ0n) is 11.2. The van der Waals surface area contributed by atoms with Gasteiger partial charge in [0.1, 0.15) is 29.6 Å². The molecule has 5 heteroatoms. The molecule has 1 N–H and O–H groups in total. The third kappa shape index (κ3) is 3.32. The number of aromatic nitrogens is 1. The minimum Gasteiger partial charge on any atom is -0.487 e. The molecule has 0 saturated carbocycles. The van der Waals surface area contributed by atoms with Crippen molar-refractivity contribution < 1.29 is 13.7 Å². The van der Waals surface area contributed by atoms with Gasteiger partial charge in [0.2, 0.25) is 0 Å². The minimum atomic E-state index is -0.282. The predicted molar refractivity (Wildman–Crippen MR) is 69.4 cm³/mol. The number of rotatable bonds is 5. The Morgan fingerprint density at radius 1 is 1.42 bits per heavy atom. The first-order valence-electron chi connectivity index (χ1n) is 6.12. The molecule has 0 aliphatic heterocycles. The molecule has 0 bridgehead atoms. The van der Waals surface area contributed by atoms with Gasteiger partial charge in [-0.1, -0.05) is 11.2 Å². The van der Waals surface area contributed by atoms with E-state index in [1.54, 1.807) is 25.2 Å². The molecule has 1 atom stereocenters. The van der Waals surface area contributed by atoms with Crippen molar-refractivity contribution in [3.05, 3.63) is 47.1 Å². The molecule has 102 valence electrons. The van der Waals surface area contributed by atoms with Crippen molar-refractivity contribution >= 4 is 0 Å². The van der Waals surface area contributed by atoms with E-state index in [0.29, 0.717) is 17.0 Å². The number of nitrogens with zero attached hydrogens (tertiary/aromatic N) is 1. The van der Waals surface area contributed by atoms with Gasteiger partial charge in [0, 0.05) is 23.7 Å². The van der Waals surface area contributed by atoms with Crippen molar-refractivity contribution in [2.75, 3.05) is 7.05 Å². The second kappa shape index (κ2) is 5.84. The summed E-state index contributed by atoms with van der Waals surface area (Å²) in [6.07, 6.45) is 0. The van der Waals surface area contributed by atoms with Crippen molar-refractivity contribution in [2.45, 2.75) is 26.5 Å². The summed E-state index contributed by atoms with van der Waals surface area (Å²) < 4.78 is 24.3. The Labute approximate surface area is 111 Å². The number of hydrogen-bond acceptors (Lipinski definition) is 4. The summed E-state index contributed by atoms with van der Waals surface area (Å²) in [7, 11) is 1.79. The van der Waals surface area contributed by atoms with Crippen LogP contribution >= 0.6 is 0 Å². The normalized spacial score (nSPS) is 12.4. The van der Waals surface area contributed by atoms with Crippen LogP contribution in [-0.2, 0) is 6.61 Å². The van der Waals surface area contributed by atoms with E-state index in [-0.39, 0.29) is 18.5 Å². The van der Waals surface area contributed by atoms with Gasteiger partial charge in [-0.2, -0.15) is 0 Å². The number of aryl methyl sites for hydroxylation is 1. The largest absolute Gasteiger partial charge is 0.487 e. The first kappa shape index (κ1) is 13.5. The first-order chi connectivity index (χ1) is 9.10. The Balaban J connectivity index is 2.04. The van der Waals surface area contributed by atoms with Crippen LogP contribution in [0.2, 0.25) is 0 Å². The monoisotopic (exact) mass is 264 g/mol. The average Bonchev–Trinajstić information content (AvgIpc) is 2.81. The van der Waals surface area contributed by atoms with E-state index >= 15 is 0 Å². The van der Waals surface area contributed by atoms with Crippen molar-refractivity contribution in [3.63, 3.8) is 0 Å². The summed E-state index contributed by atoms with van der Waals surface area (Å²) in [5.74, 6) is 0.920. The molecular weight excluding hydrogens is 247 g/mol. The highest BCUT2D eigenvalue weighted by Crippen LogP contribution is 2.22. The number of hydrogen-bond donors (Lipinski definition) is 1. The number of benzene rings is 1. The van der Waals surface area contributed by atoms with Crippen LogP contribution in [0.15, 0.2) is 28.8 Å². The van der Waals surface area contributed by atoms with Gasteiger partial charge in [0.05, 0.1) is 0 Å². The van der Waals surface area contributed by atoms with E-state index < -0.39 is 0 Å². The van der Waals surface area contributed by atoms with Crippen LogP contribution in [-0.4, -0.2) is 12.2 Å². The number of halogens is 1. The van der Waals surface area contributed by atoms with Gasteiger partial charge in [-0.05, 0) is 27.0 Å². The van der Waals surface area contributed by atoms with Crippen LogP contribution in [0.5, 0.6) is 5.75 Å². The summed E-state index contributed by atoms with van der Waals surface area (Å²) in [6, 6.07) is 6.61. The lowest BCUT2D eigenvalue weighted by atomic mass is 10.1. The smallest absolute Gasteiger partial charge is 0.134 e. The molecule has 0 amide bonds. The lowest BCUT2D eigenvalue weighted by Crippen LogP contribution is -2.13. The fourth-order valence-electron chi connectivity index (χ4n) is 1.75. The standard InChI is InChI=1S/C14H17FN2O2/c1-9-6-11(17-19-9)8-18-12-4-5-13(10(2)16-3)14(15)7-12/h4-7,10,16H,8H2,1-3H3. The Morgan fingerprint density at radius 2 is 2.21 bits per heavy atom. The summed E-state index contributed by atoms with van der Waals surface area (Å²) in [6.45, 7) is 3.97. The maximum atomic E-state index is 13.9. The molecule has 0 radical (unpaired) electrons. The first-order valence-corrected chi connectivity index (χ1v) is 6.12. The van der Waals surface area contributed by atoms with Crippen LogP contribution in [0.4, 0.5) is 4.39 Å². The minimum absolute atomic E-state index is 0.0350. The lowest BCUT2D eigenvalue weighted by molar-refractivity contribution is 0.286. The van der Waals surface area contributed by atoms with Crippen molar-refractivity contribution in [2.24, 2.45) is 0 Å². The van der Waals surface area contributed by atoms with Crippen molar-refractivity contribution in [1.29, 1.82) is 0 Å². The molecule has 4 nitrogen and oxygen atoms in total. The van der Waals surface area contributed by atoms with Crippen molar-refractivity contribution in [1.82, 2.24) is 10.5 Å². The SMILES string of the molecule is CNC(C)c1ccc(OCc2cc(C)on2)cc1F. The molecule has 0 fully saturated rings. The molecule has 0 aliphatic rings. The third-order valence-electron chi connectivity index (χ3n) is 2.93. The number of nitrogens with one attached hydrogen (secondary N) is 1. The second-order valence-electron chi connectivity index (χ2n) is 4.41. The molecule has 2 rings (SSSR count). The maximum Gasteiger partial charge on any atom is 0.134 e.